The molecule has 0 bridgehead atoms. The van der Waals surface area contributed by atoms with Crippen molar-refractivity contribution in [3.8, 4) is 0 Å². The van der Waals surface area contributed by atoms with Gasteiger partial charge in [0.2, 0.25) is 0 Å². The fraction of sp³-hybridized carbons (Fsp3) is 0.231. The minimum atomic E-state index is -0.518. The number of aryl methyl sites for hydroxylation is 1. The van der Waals surface area contributed by atoms with E-state index in [2.05, 4.69) is 20.9 Å². The average molecular weight is 370 g/mol. The molecule has 1 aromatic heterocycles. The lowest BCUT2D eigenvalue weighted by molar-refractivity contribution is -0.384. The van der Waals surface area contributed by atoms with Crippen molar-refractivity contribution in [2.24, 2.45) is 0 Å². The number of aromatic nitrogens is 1. The Morgan fingerprint density at radius 3 is 2.81 bits per heavy atom. The maximum atomic E-state index is 12.4. The van der Waals surface area contributed by atoms with E-state index in [0.29, 0.717) is 11.0 Å². The summed E-state index contributed by atoms with van der Waals surface area (Å²) < 4.78 is 0.533. The molecule has 8 heteroatoms. The zero-order chi connectivity index (χ0) is 15.6. The maximum absolute atomic E-state index is 12.4. The van der Waals surface area contributed by atoms with Gasteiger partial charge in [0.05, 0.1) is 22.0 Å². The van der Waals surface area contributed by atoms with E-state index >= 15 is 0 Å². The van der Waals surface area contributed by atoms with Crippen molar-refractivity contribution in [2.75, 3.05) is 7.05 Å². The van der Waals surface area contributed by atoms with Gasteiger partial charge in [0.1, 0.15) is 0 Å². The van der Waals surface area contributed by atoms with Crippen LogP contribution < -0.4 is 0 Å². The molecule has 0 saturated carbocycles. The molecule has 1 heterocycles. The Labute approximate surface area is 133 Å². The number of nitrogens with zero attached hydrogens (tertiary/aromatic N) is 3. The first kappa shape index (κ1) is 15.6. The number of nitro benzene ring substituents is 1. The number of thiazole rings is 1. The van der Waals surface area contributed by atoms with Gasteiger partial charge in [0.25, 0.3) is 11.6 Å². The molecular weight excluding hydrogens is 358 g/mol. The van der Waals surface area contributed by atoms with Crippen molar-refractivity contribution in [3.05, 3.63) is 54.4 Å². The van der Waals surface area contributed by atoms with Crippen LogP contribution in [0, 0.1) is 17.0 Å². The highest BCUT2D eigenvalue weighted by Gasteiger charge is 2.19. The molecule has 2 rings (SSSR count). The highest BCUT2D eigenvalue weighted by Crippen LogP contribution is 2.24. The van der Waals surface area contributed by atoms with Crippen LogP contribution in [0.5, 0.6) is 0 Å². The van der Waals surface area contributed by atoms with Gasteiger partial charge in [-0.1, -0.05) is 0 Å². The minimum Gasteiger partial charge on any atom is -0.336 e. The number of hydrogen-bond acceptors (Lipinski definition) is 5. The van der Waals surface area contributed by atoms with Gasteiger partial charge < -0.3 is 4.90 Å². The molecule has 1 amide bonds. The van der Waals surface area contributed by atoms with E-state index < -0.39 is 4.92 Å². The van der Waals surface area contributed by atoms with Crippen LogP contribution in [0.1, 0.15) is 20.2 Å². The number of nitro groups is 1. The van der Waals surface area contributed by atoms with Gasteiger partial charge >= 0.3 is 0 Å². The second-order valence-corrected chi connectivity index (χ2v) is 6.60. The van der Waals surface area contributed by atoms with Crippen LogP contribution in [0.25, 0.3) is 0 Å². The molecular formula is C13H12BrN3O3S. The predicted octanol–water partition coefficient (Wildman–Crippen LogP) is 3.39. The first-order chi connectivity index (χ1) is 9.88. The molecule has 0 saturated heterocycles. The van der Waals surface area contributed by atoms with Crippen LogP contribution in [-0.2, 0) is 6.54 Å². The molecule has 2 aromatic rings. The Morgan fingerprint density at radius 1 is 1.52 bits per heavy atom. The number of carbonyl (C=O) groups is 1. The maximum Gasteiger partial charge on any atom is 0.270 e. The molecule has 6 nitrogen and oxygen atoms in total. The minimum absolute atomic E-state index is 0.108. The third-order valence-electron chi connectivity index (χ3n) is 2.80. The van der Waals surface area contributed by atoms with Crippen LogP contribution >= 0.6 is 27.3 Å². The summed E-state index contributed by atoms with van der Waals surface area (Å²) >= 11 is 4.77. The summed E-state index contributed by atoms with van der Waals surface area (Å²) in [5.74, 6) is -0.281. The molecule has 0 fully saturated rings. The number of halogens is 1. The van der Waals surface area contributed by atoms with E-state index in [-0.39, 0.29) is 17.2 Å². The molecule has 0 aliphatic carbocycles. The van der Waals surface area contributed by atoms with Crippen molar-refractivity contribution >= 4 is 38.9 Å². The van der Waals surface area contributed by atoms with E-state index in [1.165, 1.54) is 34.4 Å². The predicted molar refractivity (Wildman–Crippen MR) is 83.4 cm³/mol. The number of hydrogen-bond donors (Lipinski definition) is 0. The van der Waals surface area contributed by atoms with Gasteiger partial charge in [0, 0.05) is 34.7 Å². The number of rotatable bonds is 4. The summed E-state index contributed by atoms with van der Waals surface area (Å²) in [6.45, 7) is 2.31. The Morgan fingerprint density at radius 2 is 2.24 bits per heavy atom. The number of non-ortho nitro benzene ring substituents is 1. The van der Waals surface area contributed by atoms with Crippen molar-refractivity contribution in [1.29, 1.82) is 0 Å². The van der Waals surface area contributed by atoms with Crippen molar-refractivity contribution in [1.82, 2.24) is 9.88 Å². The van der Waals surface area contributed by atoms with E-state index in [4.69, 9.17) is 0 Å². The Balaban J connectivity index is 2.22. The molecule has 0 atom stereocenters. The van der Waals surface area contributed by atoms with Crippen LogP contribution in [0.4, 0.5) is 5.69 Å². The molecule has 0 N–H and O–H groups in total. The summed E-state index contributed by atoms with van der Waals surface area (Å²) in [7, 11) is 1.66. The van der Waals surface area contributed by atoms with E-state index in [9.17, 15) is 14.9 Å². The Bertz CT molecular complexity index is 702. The molecule has 0 spiro atoms. The monoisotopic (exact) mass is 369 g/mol. The van der Waals surface area contributed by atoms with Crippen LogP contribution in [-0.4, -0.2) is 27.8 Å². The van der Waals surface area contributed by atoms with Gasteiger partial charge in [0.15, 0.2) is 0 Å². The zero-order valence-corrected chi connectivity index (χ0v) is 13.8. The standard InChI is InChI=1S/C13H12BrN3O3S/c1-8-15-6-10(21-8)7-16(2)13(18)11-5-9(17(19)20)3-4-12(11)14/h3-6H,7H2,1-2H3. The first-order valence-electron chi connectivity index (χ1n) is 5.99. The smallest absolute Gasteiger partial charge is 0.270 e. The second kappa shape index (κ2) is 6.31. The van der Waals surface area contributed by atoms with Crippen LogP contribution in [0.15, 0.2) is 28.9 Å². The Kier molecular flexibility index (Phi) is 4.69. The van der Waals surface area contributed by atoms with Gasteiger partial charge in [-0.2, -0.15) is 0 Å². The highest BCUT2D eigenvalue weighted by molar-refractivity contribution is 9.10. The third kappa shape index (κ3) is 3.64. The summed E-state index contributed by atoms with van der Waals surface area (Å²) in [6, 6.07) is 4.14. The summed E-state index contributed by atoms with van der Waals surface area (Å²) in [6.07, 6.45) is 1.73. The molecule has 0 aliphatic rings. The number of amides is 1. The number of carbonyl (C=O) groups excluding carboxylic acids is 1. The van der Waals surface area contributed by atoms with E-state index in [1.807, 2.05) is 6.92 Å². The summed E-state index contributed by atoms with van der Waals surface area (Å²) in [4.78, 5) is 29.3. The van der Waals surface area contributed by atoms with Crippen molar-refractivity contribution in [3.63, 3.8) is 0 Å². The second-order valence-electron chi connectivity index (χ2n) is 4.43. The van der Waals surface area contributed by atoms with E-state index in [1.54, 1.807) is 13.2 Å². The van der Waals surface area contributed by atoms with Crippen LogP contribution in [0.3, 0.4) is 0 Å². The average Bonchev–Trinajstić information content (AvgIpc) is 2.83. The molecule has 21 heavy (non-hydrogen) atoms. The number of benzene rings is 1. The molecule has 110 valence electrons. The fourth-order valence-corrected chi connectivity index (χ4v) is 3.05. The van der Waals surface area contributed by atoms with Crippen LogP contribution in [0.2, 0.25) is 0 Å². The van der Waals surface area contributed by atoms with Gasteiger partial charge in [-0.05, 0) is 28.9 Å². The topological polar surface area (TPSA) is 76.3 Å². The Hall–Kier alpha value is -1.80. The quantitative estimate of drug-likeness (QED) is 0.611. The largest absolute Gasteiger partial charge is 0.336 e. The third-order valence-corrected chi connectivity index (χ3v) is 4.39. The lowest BCUT2D eigenvalue weighted by Gasteiger charge is -2.16. The SMILES string of the molecule is Cc1ncc(CN(C)C(=O)c2cc([N+](=O)[O-])ccc2Br)s1. The van der Waals surface area contributed by atoms with Crippen molar-refractivity contribution in [2.45, 2.75) is 13.5 Å². The molecule has 0 unspecified atom stereocenters. The van der Waals surface area contributed by atoms with Gasteiger partial charge in [-0.25, -0.2) is 4.98 Å². The van der Waals surface area contributed by atoms with E-state index in [0.717, 1.165) is 9.88 Å². The normalized spacial score (nSPS) is 10.4. The lowest BCUT2D eigenvalue weighted by Crippen LogP contribution is -2.26. The first-order valence-corrected chi connectivity index (χ1v) is 7.60. The van der Waals surface area contributed by atoms with Crippen molar-refractivity contribution < 1.29 is 9.72 Å². The molecule has 0 aliphatic heterocycles. The summed E-state index contributed by atoms with van der Waals surface area (Å²) in [5.41, 5.74) is 0.163. The van der Waals surface area contributed by atoms with Gasteiger partial charge in [-0.15, -0.1) is 11.3 Å². The highest BCUT2D eigenvalue weighted by atomic mass is 79.9. The summed E-state index contributed by atoms with van der Waals surface area (Å²) in [5, 5.41) is 11.7. The lowest BCUT2D eigenvalue weighted by atomic mass is 10.2. The zero-order valence-electron chi connectivity index (χ0n) is 11.4. The molecule has 1 aromatic carbocycles. The molecule has 0 radical (unpaired) electrons. The van der Waals surface area contributed by atoms with Gasteiger partial charge in [-0.3, -0.25) is 14.9 Å². The fourth-order valence-electron chi connectivity index (χ4n) is 1.78.